The van der Waals surface area contributed by atoms with E-state index in [1.807, 2.05) is 32.3 Å². The zero-order valence-electron chi connectivity index (χ0n) is 11.1. The summed E-state index contributed by atoms with van der Waals surface area (Å²) in [6.07, 6.45) is 5.28. The van der Waals surface area contributed by atoms with Gasteiger partial charge in [-0.3, -0.25) is 4.98 Å². The SMILES string of the molecule is CCc1c(C)nc(Cc2cccnc2)nc1NC. The maximum Gasteiger partial charge on any atom is 0.135 e. The van der Waals surface area contributed by atoms with Crippen LogP contribution in [0, 0.1) is 6.92 Å². The molecule has 0 radical (unpaired) electrons. The molecule has 0 amide bonds. The first-order valence-corrected chi connectivity index (χ1v) is 6.17. The molecule has 0 aromatic carbocycles. The van der Waals surface area contributed by atoms with Crippen LogP contribution in [0.15, 0.2) is 24.5 Å². The highest BCUT2D eigenvalue weighted by Crippen LogP contribution is 2.17. The topological polar surface area (TPSA) is 50.7 Å². The Kier molecular flexibility index (Phi) is 3.87. The smallest absolute Gasteiger partial charge is 0.135 e. The van der Waals surface area contributed by atoms with Gasteiger partial charge in [0.15, 0.2) is 0 Å². The lowest BCUT2D eigenvalue weighted by atomic mass is 10.1. The number of nitrogens with one attached hydrogen (secondary N) is 1. The van der Waals surface area contributed by atoms with Gasteiger partial charge in [0.25, 0.3) is 0 Å². The zero-order chi connectivity index (χ0) is 13.0. The van der Waals surface area contributed by atoms with Crippen LogP contribution in [-0.2, 0) is 12.8 Å². The first-order chi connectivity index (χ1) is 8.74. The van der Waals surface area contributed by atoms with Gasteiger partial charge in [0.1, 0.15) is 11.6 Å². The Morgan fingerprint density at radius 2 is 2.11 bits per heavy atom. The molecule has 1 N–H and O–H groups in total. The van der Waals surface area contributed by atoms with Gasteiger partial charge in [-0.25, -0.2) is 9.97 Å². The Hall–Kier alpha value is -1.97. The fourth-order valence-electron chi connectivity index (χ4n) is 2.05. The number of aromatic nitrogens is 3. The van der Waals surface area contributed by atoms with E-state index in [1.165, 1.54) is 5.56 Å². The molecule has 0 aliphatic carbocycles. The van der Waals surface area contributed by atoms with Gasteiger partial charge in [-0.2, -0.15) is 0 Å². The van der Waals surface area contributed by atoms with E-state index in [4.69, 9.17) is 0 Å². The molecule has 2 rings (SSSR count). The fraction of sp³-hybridized carbons (Fsp3) is 0.357. The molecule has 2 aromatic heterocycles. The normalized spacial score (nSPS) is 10.4. The van der Waals surface area contributed by atoms with Gasteiger partial charge < -0.3 is 5.32 Å². The number of aryl methyl sites for hydroxylation is 1. The maximum atomic E-state index is 4.57. The lowest BCUT2D eigenvalue weighted by Gasteiger charge is -2.11. The molecule has 94 valence electrons. The maximum absolute atomic E-state index is 4.57. The third kappa shape index (κ3) is 2.64. The second-order valence-corrected chi connectivity index (χ2v) is 4.19. The molecule has 18 heavy (non-hydrogen) atoms. The summed E-state index contributed by atoms with van der Waals surface area (Å²) in [7, 11) is 1.90. The van der Waals surface area contributed by atoms with Crippen LogP contribution in [0.5, 0.6) is 0 Å². The van der Waals surface area contributed by atoms with Crippen LogP contribution in [0.1, 0.15) is 29.6 Å². The van der Waals surface area contributed by atoms with Crippen molar-refractivity contribution in [3.8, 4) is 0 Å². The molecule has 0 bridgehead atoms. The minimum Gasteiger partial charge on any atom is -0.373 e. The average molecular weight is 242 g/mol. The van der Waals surface area contributed by atoms with E-state index in [2.05, 4.69) is 27.2 Å². The first kappa shape index (κ1) is 12.5. The third-order valence-corrected chi connectivity index (χ3v) is 2.94. The molecule has 2 aromatic rings. The van der Waals surface area contributed by atoms with Gasteiger partial charge in [-0.15, -0.1) is 0 Å². The Morgan fingerprint density at radius 1 is 1.28 bits per heavy atom. The van der Waals surface area contributed by atoms with Gasteiger partial charge in [0, 0.05) is 37.1 Å². The summed E-state index contributed by atoms with van der Waals surface area (Å²) in [5.74, 6) is 1.77. The summed E-state index contributed by atoms with van der Waals surface area (Å²) < 4.78 is 0. The molecule has 0 spiro atoms. The number of pyridine rings is 1. The molecular weight excluding hydrogens is 224 g/mol. The van der Waals surface area contributed by atoms with Crippen molar-refractivity contribution in [3.05, 3.63) is 47.2 Å². The second-order valence-electron chi connectivity index (χ2n) is 4.19. The quantitative estimate of drug-likeness (QED) is 0.894. The highest BCUT2D eigenvalue weighted by atomic mass is 15.0. The van der Waals surface area contributed by atoms with E-state index < -0.39 is 0 Å². The lowest BCUT2D eigenvalue weighted by Crippen LogP contribution is -2.07. The molecule has 0 aliphatic rings. The van der Waals surface area contributed by atoms with Gasteiger partial charge in [0.05, 0.1) is 0 Å². The minimum atomic E-state index is 0.716. The number of anilines is 1. The Morgan fingerprint density at radius 3 is 2.72 bits per heavy atom. The van der Waals surface area contributed by atoms with E-state index >= 15 is 0 Å². The van der Waals surface area contributed by atoms with Crippen LogP contribution in [0.3, 0.4) is 0 Å². The van der Waals surface area contributed by atoms with Crippen LogP contribution in [0.2, 0.25) is 0 Å². The van der Waals surface area contributed by atoms with Crippen molar-refractivity contribution in [3.63, 3.8) is 0 Å². The number of hydrogen-bond donors (Lipinski definition) is 1. The zero-order valence-corrected chi connectivity index (χ0v) is 11.1. The standard InChI is InChI=1S/C14H18N4/c1-4-12-10(2)17-13(18-14(12)15-3)8-11-6-5-7-16-9-11/h5-7,9H,4,8H2,1-3H3,(H,15,17,18). The lowest BCUT2D eigenvalue weighted by molar-refractivity contribution is 0.904. The molecule has 0 aliphatic heterocycles. The summed E-state index contributed by atoms with van der Waals surface area (Å²) in [4.78, 5) is 13.2. The summed E-state index contributed by atoms with van der Waals surface area (Å²) in [6.45, 7) is 4.15. The Labute approximate surface area is 108 Å². The molecule has 4 nitrogen and oxygen atoms in total. The van der Waals surface area contributed by atoms with Gasteiger partial charge in [-0.1, -0.05) is 13.0 Å². The van der Waals surface area contributed by atoms with Crippen molar-refractivity contribution >= 4 is 5.82 Å². The van der Waals surface area contributed by atoms with Crippen molar-refractivity contribution in [2.45, 2.75) is 26.7 Å². The van der Waals surface area contributed by atoms with E-state index in [1.54, 1.807) is 6.20 Å². The molecule has 0 unspecified atom stereocenters. The predicted molar refractivity (Wildman–Crippen MR) is 72.7 cm³/mol. The monoisotopic (exact) mass is 242 g/mol. The van der Waals surface area contributed by atoms with Gasteiger partial charge in [0.2, 0.25) is 0 Å². The molecule has 0 saturated heterocycles. The fourth-order valence-corrected chi connectivity index (χ4v) is 2.05. The van der Waals surface area contributed by atoms with Crippen LogP contribution in [-0.4, -0.2) is 22.0 Å². The first-order valence-electron chi connectivity index (χ1n) is 6.17. The molecule has 0 saturated carbocycles. The van der Waals surface area contributed by atoms with Crippen LogP contribution in [0.25, 0.3) is 0 Å². The Balaban J connectivity index is 2.32. The second kappa shape index (κ2) is 5.58. The summed E-state index contributed by atoms with van der Waals surface area (Å²) in [6, 6.07) is 3.97. The van der Waals surface area contributed by atoms with Crippen LogP contribution >= 0.6 is 0 Å². The van der Waals surface area contributed by atoms with Crippen LogP contribution in [0.4, 0.5) is 5.82 Å². The van der Waals surface area contributed by atoms with Crippen molar-refractivity contribution in [2.75, 3.05) is 12.4 Å². The van der Waals surface area contributed by atoms with E-state index in [0.717, 1.165) is 29.3 Å². The van der Waals surface area contributed by atoms with Crippen molar-refractivity contribution < 1.29 is 0 Å². The summed E-state index contributed by atoms with van der Waals surface area (Å²) in [5.41, 5.74) is 3.37. The largest absolute Gasteiger partial charge is 0.373 e. The molecule has 0 fully saturated rings. The van der Waals surface area contributed by atoms with E-state index in [9.17, 15) is 0 Å². The minimum absolute atomic E-state index is 0.716. The van der Waals surface area contributed by atoms with Gasteiger partial charge >= 0.3 is 0 Å². The third-order valence-electron chi connectivity index (χ3n) is 2.94. The summed E-state index contributed by atoms with van der Waals surface area (Å²) >= 11 is 0. The highest BCUT2D eigenvalue weighted by Gasteiger charge is 2.09. The molecular formula is C14H18N4. The van der Waals surface area contributed by atoms with Crippen molar-refractivity contribution in [2.24, 2.45) is 0 Å². The van der Waals surface area contributed by atoms with Crippen molar-refractivity contribution in [1.82, 2.24) is 15.0 Å². The average Bonchev–Trinajstić information content (AvgIpc) is 2.39. The molecule has 2 heterocycles. The van der Waals surface area contributed by atoms with E-state index in [0.29, 0.717) is 6.42 Å². The van der Waals surface area contributed by atoms with Crippen molar-refractivity contribution in [1.29, 1.82) is 0 Å². The van der Waals surface area contributed by atoms with E-state index in [-0.39, 0.29) is 0 Å². The predicted octanol–water partition coefficient (Wildman–Crippen LogP) is 2.37. The molecule has 4 heteroatoms. The number of nitrogens with zero attached hydrogens (tertiary/aromatic N) is 3. The number of hydrogen-bond acceptors (Lipinski definition) is 4. The Bertz CT molecular complexity index is 523. The molecule has 0 atom stereocenters. The highest BCUT2D eigenvalue weighted by molar-refractivity contribution is 5.46. The number of rotatable bonds is 4. The van der Waals surface area contributed by atoms with Gasteiger partial charge in [-0.05, 0) is 25.0 Å². The summed E-state index contributed by atoms with van der Waals surface area (Å²) in [5, 5.41) is 3.15. The van der Waals surface area contributed by atoms with Crippen LogP contribution < -0.4 is 5.32 Å².